The SMILES string of the molecule is COc1ccc(Br)cc1C(=O)CCC(=O)OCC(=O)NC(C)C(C)C. The number of hydrogen-bond donors (Lipinski definition) is 1. The second kappa shape index (κ2) is 10.2. The summed E-state index contributed by atoms with van der Waals surface area (Å²) in [5.74, 6) is -0.432. The number of ketones is 1. The molecule has 0 aromatic heterocycles. The van der Waals surface area contributed by atoms with Gasteiger partial charge < -0.3 is 14.8 Å². The molecule has 1 atom stereocenters. The molecule has 6 nitrogen and oxygen atoms in total. The van der Waals surface area contributed by atoms with Crippen molar-refractivity contribution in [2.75, 3.05) is 13.7 Å². The highest BCUT2D eigenvalue weighted by atomic mass is 79.9. The van der Waals surface area contributed by atoms with E-state index in [0.717, 1.165) is 4.47 Å². The van der Waals surface area contributed by atoms with Gasteiger partial charge in [0.1, 0.15) is 5.75 Å². The third kappa shape index (κ3) is 7.25. The number of amides is 1. The van der Waals surface area contributed by atoms with Crippen LogP contribution in [0.15, 0.2) is 22.7 Å². The van der Waals surface area contributed by atoms with E-state index in [1.165, 1.54) is 7.11 Å². The third-order valence-electron chi connectivity index (χ3n) is 3.77. The lowest BCUT2D eigenvalue weighted by Gasteiger charge is -2.17. The summed E-state index contributed by atoms with van der Waals surface area (Å²) >= 11 is 3.30. The van der Waals surface area contributed by atoms with Gasteiger partial charge in [-0.3, -0.25) is 14.4 Å². The van der Waals surface area contributed by atoms with E-state index in [2.05, 4.69) is 21.2 Å². The summed E-state index contributed by atoms with van der Waals surface area (Å²) in [6.07, 6.45) is -0.114. The lowest BCUT2D eigenvalue weighted by molar-refractivity contribution is -0.148. The summed E-state index contributed by atoms with van der Waals surface area (Å²) in [6.45, 7) is 5.51. The second-order valence-corrected chi connectivity index (χ2v) is 6.94. The number of rotatable bonds is 9. The van der Waals surface area contributed by atoms with Gasteiger partial charge in [0.05, 0.1) is 19.1 Å². The van der Waals surface area contributed by atoms with Crippen LogP contribution in [0, 0.1) is 5.92 Å². The Morgan fingerprint density at radius 2 is 1.84 bits per heavy atom. The Hall–Kier alpha value is -1.89. The molecule has 0 spiro atoms. The molecule has 1 aromatic carbocycles. The first-order chi connectivity index (χ1) is 11.7. The Balaban J connectivity index is 2.45. The number of benzene rings is 1. The summed E-state index contributed by atoms with van der Waals surface area (Å²) in [7, 11) is 1.48. The Kier molecular flexibility index (Phi) is 8.61. The zero-order chi connectivity index (χ0) is 19.0. The molecule has 1 aromatic rings. The molecule has 138 valence electrons. The molecule has 1 rings (SSSR count). The Morgan fingerprint density at radius 1 is 1.16 bits per heavy atom. The largest absolute Gasteiger partial charge is 0.496 e. The average Bonchev–Trinajstić information content (AvgIpc) is 2.57. The van der Waals surface area contributed by atoms with Crippen LogP contribution in [0.5, 0.6) is 5.75 Å². The van der Waals surface area contributed by atoms with E-state index in [1.807, 2.05) is 20.8 Å². The fourth-order valence-corrected chi connectivity index (χ4v) is 2.29. The van der Waals surface area contributed by atoms with Crippen LogP contribution in [0.4, 0.5) is 0 Å². The molecule has 1 amide bonds. The smallest absolute Gasteiger partial charge is 0.306 e. The highest BCUT2D eigenvalue weighted by Crippen LogP contribution is 2.24. The number of carbonyl (C=O) groups excluding carboxylic acids is 3. The van der Waals surface area contributed by atoms with Crippen molar-refractivity contribution in [3.05, 3.63) is 28.2 Å². The fourth-order valence-electron chi connectivity index (χ4n) is 1.93. The van der Waals surface area contributed by atoms with Crippen molar-refractivity contribution in [3.8, 4) is 5.75 Å². The zero-order valence-electron chi connectivity index (χ0n) is 14.9. The Labute approximate surface area is 156 Å². The molecule has 0 bridgehead atoms. The van der Waals surface area contributed by atoms with Gasteiger partial charge in [-0.2, -0.15) is 0 Å². The van der Waals surface area contributed by atoms with Crippen LogP contribution in [0.2, 0.25) is 0 Å². The van der Waals surface area contributed by atoms with Gasteiger partial charge in [0.15, 0.2) is 12.4 Å². The maximum atomic E-state index is 12.3. The van der Waals surface area contributed by atoms with Crippen LogP contribution >= 0.6 is 15.9 Å². The third-order valence-corrected chi connectivity index (χ3v) is 4.26. The minimum Gasteiger partial charge on any atom is -0.496 e. The van der Waals surface area contributed by atoms with E-state index in [-0.39, 0.29) is 43.1 Å². The first kappa shape index (κ1) is 21.2. The van der Waals surface area contributed by atoms with E-state index >= 15 is 0 Å². The number of halogens is 1. The number of ether oxygens (including phenoxy) is 2. The van der Waals surface area contributed by atoms with E-state index in [0.29, 0.717) is 11.3 Å². The molecule has 1 unspecified atom stereocenters. The molecule has 25 heavy (non-hydrogen) atoms. The van der Waals surface area contributed by atoms with Crippen LogP contribution < -0.4 is 10.1 Å². The van der Waals surface area contributed by atoms with Gasteiger partial charge in [-0.05, 0) is 31.0 Å². The minimum absolute atomic E-state index is 0.00299. The van der Waals surface area contributed by atoms with Gasteiger partial charge in [-0.25, -0.2) is 0 Å². The number of esters is 1. The first-order valence-corrected chi connectivity index (χ1v) is 8.85. The molecule has 0 saturated carbocycles. The van der Waals surface area contributed by atoms with Gasteiger partial charge in [0.25, 0.3) is 5.91 Å². The maximum absolute atomic E-state index is 12.3. The van der Waals surface area contributed by atoms with Crippen LogP contribution in [0.1, 0.15) is 44.0 Å². The summed E-state index contributed by atoms with van der Waals surface area (Å²) in [5, 5.41) is 2.74. The summed E-state index contributed by atoms with van der Waals surface area (Å²) < 4.78 is 10.8. The minimum atomic E-state index is -0.588. The Bertz CT molecular complexity index is 630. The molecule has 1 N–H and O–H groups in total. The van der Waals surface area contributed by atoms with Gasteiger partial charge >= 0.3 is 5.97 Å². The molecule has 0 saturated heterocycles. The normalized spacial score (nSPS) is 11.8. The fraction of sp³-hybridized carbons (Fsp3) is 0.500. The second-order valence-electron chi connectivity index (χ2n) is 6.03. The topological polar surface area (TPSA) is 81.7 Å². The van der Waals surface area contributed by atoms with Crippen molar-refractivity contribution < 1.29 is 23.9 Å². The zero-order valence-corrected chi connectivity index (χ0v) is 16.5. The maximum Gasteiger partial charge on any atom is 0.306 e. The predicted octanol–water partition coefficient (Wildman–Crippen LogP) is 3.12. The van der Waals surface area contributed by atoms with E-state index < -0.39 is 5.97 Å². The molecule has 0 aliphatic rings. The first-order valence-electron chi connectivity index (χ1n) is 8.06. The average molecular weight is 414 g/mol. The van der Waals surface area contributed by atoms with Crippen molar-refractivity contribution >= 4 is 33.6 Å². The molecule has 0 aliphatic heterocycles. The van der Waals surface area contributed by atoms with Gasteiger partial charge in [0.2, 0.25) is 0 Å². The number of hydrogen-bond acceptors (Lipinski definition) is 5. The monoisotopic (exact) mass is 413 g/mol. The molecule has 7 heteroatoms. The van der Waals surface area contributed by atoms with Crippen molar-refractivity contribution in [3.63, 3.8) is 0 Å². The van der Waals surface area contributed by atoms with Crippen LogP contribution in [-0.4, -0.2) is 37.4 Å². The highest BCUT2D eigenvalue weighted by Gasteiger charge is 2.16. The quantitative estimate of drug-likeness (QED) is 0.496. The number of methoxy groups -OCH3 is 1. The van der Waals surface area contributed by atoms with Crippen LogP contribution in [0.25, 0.3) is 0 Å². The van der Waals surface area contributed by atoms with Gasteiger partial charge in [0, 0.05) is 16.9 Å². The molecule has 0 aliphatic carbocycles. The molecule has 0 fully saturated rings. The lowest BCUT2D eigenvalue weighted by atomic mass is 10.1. The lowest BCUT2D eigenvalue weighted by Crippen LogP contribution is -2.38. The molecular formula is C18H24BrNO5. The van der Waals surface area contributed by atoms with Crippen molar-refractivity contribution in [1.82, 2.24) is 5.32 Å². The molecule has 0 radical (unpaired) electrons. The van der Waals surface area contributed by atoms with Crippen LogP contribution in [-0.2, 0) is 14.3 Å². The van der Waals surface area contributed by atoms with Gasteiger partial charge in [-0.1, -0.05) is 29.8 Å². The summed E-state index contributed by atoms with van der Waals surface area (Å²) in [4.78, 5) is 35.6. The van der Waals surface area contributed by atoms with Crippen LogP contribution in [0.3, 0.4) is 0 Å². The van der Waals surface area contributed by atoms with Crippen molar-refractivity contribution in [2.24, 2.45) is 5.92 Å². The van der Waals surface area contributed by atoms with Gasteiger partial charge in [-0.15, -0.1) is 0 Å². The van der Waals surface area contributed by atoms with Crippen molar-refractivity contribution in [2.45, 2.75) is 39.7 Å². The van der Waals surface area contributed by atoms with E-state index in [1.54, 1.807) is 18.2 Å². The molecule has 0 heterocycles. The predicted molar refractivity (Wildman–Crippen MR) is 97.7 cm³/mol. The van der Waals surface area contributed by atoms with Crippen molar-refractivity contribution in [1.29, 1.82) is 0 Å². The van der Waals surface area contributed by atoms with E-state index in [9.17, 15) is 14.4 Å². The number of Topliss-reactive ketones (excluding diaryl/α,β-unsaturated/α-hetero) is 1. The Morgan fingerprint density at radius 3 is 2.44 bits per heavy atom. The molecular weight excluding hydrogens is 390 g/mol. The number of carbonyl (C=O) groups is 3. The standard InChI is InChI=1S/C18H24BrNO5/c1-11(2)12(3)20-17(22)10-25-18(23)8-6-15(21)14-9-13(19)5-7-16(14)24-4/h5,7,9,11-12H,6,8,10H2,1-4H3,(H,20,22). The summed E-state index contributed by atoms with van der Waals surface area (Å²) in [5.41, 5.74) is 0.396. The van der Waals surface area contributed by atoms with E-state index in [4.69, 9.17) is 9.47 Å². The highest BCUT2D eigenvalue weighted by molar-refractivity contribution is 9.10. The number of nitrogens with one attached hydrogen (secondary N) is 1. The summed E-state index contributed by atoms with van der Waals surface area (Å²) in [6, 6.07) is 5.08.